The van der Waals surface area contributed by atoms with Crippen molar-refractivity contribution in [2.24, 2.45) is 5.41 Å². The van der Waals surface area contributed by atoms with Crippen LogP contribution in [0.25, 0.3) is 0 Å². The van der Waals surface area contributed by atoms with E-state index in [1.807, 2.05) is 12.1 Å². The lowest BCUT2D eigenvalue weighted by Crippen LogP contribution is -2.24. The van der Waals surface area contributed by atoms with Crippen molar-refractivity contribution in [2.45, 2.75) is 25.8 Å². The molecule has 3 heteroatoms. The molecule has 0 bridgehead atoms. The van der Waals surface area contributed by atoms with Gasteiger partial charge in [0.2, 0.25) is 0 Å². The molecule has 2 N–H and O–H groups in total. The second-order valence-corrected chi connectivity index (χ2v) is 5.01. The van der Waals surface area contributed by atoms with E-state index in [9.17, 15) is 5.11 Å². The van der Waals surface area contributed by atoms with E-state index in [0.717, 1.165) is 26.1 Å². The van der Waals surface area contributed by atoms with E-state index in [2.05, 4.69) is 5.32 Å². The van der Waals surface area contributed by atoms with Gasteiger partial charge in [0.15, 0.2) is 0 Å². The fourth-order valence-electron chi connectivity index (χ4n) is 2.10. The number of benzene rings is 1. The van der Waals surface area contributed by atoms with Gasteiger partial charge >= 0.3 is 0 Å². The fourth-order valence-corrected chi connectivity index (χ4v) is 2.10. The summed E-state index contributed by atoms with van der Waals surface area (Å²) in [7, 11) is 1.76. The molecule has 0 spiro atoms. The van der Waals surface area contributed by atoms with Crippen LogP contribution in [0.4, 0.5) is 0 Å². The Bertz CT molecular complexity index is 344. The molecule has 1 fully saturated rings. The zero-order chi connectivity index (χ0) is 12.1. The van der Waals surface area contributed by atoms with Crippen molar-refractivity contribution in [3.05, 3.63) is 29.8 Å². The number of methoxy groups -OCH3 is 1. The molecule has 0 heterocycles. The first-order chi connectivity index (χ1) is 8.24. The maximum absolute atomic E-state index is 9.18. The first-order valence-corrected chi connectivity index (χ1v) is 6.22. The highest BCUT2D eigenvalue weighted by Gasteiger charge is 2.41. The highest BCUT2D eigenvalue weighted by molar-refractivity contribution is 5.25. The van der Waals surface area contributed by atoms with Crippen LogP contribution in [0.3, 0.4) is 0 Å². The van der Waals surface area contributed by atoms with Crippen molar-refractivity contribution in [2.75, 3.05) is 20.3 Å². The summed E-state index contributed by atoms with van der Waals surface area (Å²) in [6.07, 6.45) is 3.80. The number of phenols is 1. The van der Waals surface area contributed by atoms with E-state index in [1.165, 1.54) is 18.4 Å². The number of hydrogen-bond donors (Lipinski definition) is 2. The summed E-state index contributed by atoms with van der Waals surface area (Å²) >= 11 is 0. The number of phenolic OH excluding ortho intramolecular Hbond substituents is 1. The Labute approximate surface area is 103 Å². The van der Waals surface area contributed by atoms with Crippen molar-refractivity contribution in [1.29, 1.82) is 0 Å². The van der Waals surface area contributed by atoms with Crippen molar-refractivity contribution in [3.63, 3.8) is 0 Å². The minimum Gasteiger partial charge on any atom is -0.508 e. The molecule has 2 rings (SSSR count). The van der Waals surface area contributed by atoms with Gasteiger partial charge in [-0.3, -0.25) is 0 Å². The van der Waals surface area contributed by atoms with E-state index >= 15 is 0 Å². The lowest BCUT2D eigenvalue weighted by molar-refractivity contribution is 0.171. The Balaban J connectivity index is 1.71. The van der Waals surface area contributed by atoms with Gasteiger partial charge in [0.05, 0.1) is 0 Å². The summed E-state index contributed by atoms with van der Waals surface area (Å²) in [6, 6.07) is 7.37. The zero-order valence-corrected chi connectivity index (χ0v) is 10.4. The molecule has 1 aromatic rings. The van der Waals surface area contributed by atoms with Gasteiger partial charge in [-0.05, 0) is 42.4 Å². The molecule has 1 saturated carbocycles. The number of ether oxygens (including phenoxy) is 1. The summed E-state index contributed by atoms with van der Waals surface area (Å²) in [5.41, 5.74) is 1.71. The average molecular weight is 235 g/mol. The fraction of sp³-hybridized carbons (Fsp3) is 0.571. The zero-order valence-electron chi connectivity index (χ0n) is 10.4. The predicted octanol–water partition coefficient (Wildman–Crippen LogP) is 2.30. The molecule has 0 unspecified atom stereocenters. The highest BCUT2D eigenvalue weighted by atomic mass is 16.5. The third-order valence-electron chi connectivity index (χ3n) is 3.56. The van der Waals surface area contributed by atoms with E-state index in [1.54, 1.807) is 19.2 Å². The minimum absolute atomic E-state index is 0.326. The third-order valence-corrected chi connectivity index (χ3v) is 3.56. The second-order valence-electron chi connectivity index (χ2n) is 5.01. The Morgan fingerprint density at radius 2 is 2.00 bits per heavy atom. The standard InChI is InChI=1S/C14H21NO2/c1-17-9-8-14(6-7-14)11-15-10-12-2-4-13(16)5-3-12/h2-5,15-16H,6-11H2,1H3. The van der Waals surface area contributed by atoms with Crippen LogP contribution in [0.2, 0.25) is 0 Å². The smallest absolute Gasteiger partial charge is 0.115 e. The summed E-state index contributed by atoms with van der Waals surface area (Å²) in [4.78, 5) is 0. The van der Waals surface area contributed by atoms with E-state index < -0.39 is 0 Å². The quantitative estimate of drug-likeness (QED) is 0.762. The van der Waals surface area contributed by atoms with Gasteiger partial charge in [0.1, 0.15) is 5.75 Å². The van der Waals surface area contributed by atoms with Crippen molar-refractivity contribution in [3.8, 4) is 5.75 Å². The topological polar surface area (TPSA) is 41.5 Å². The largest absolute Gasteiger partial charge is 0.508 e. The van der Waals surface area contributed by atoms with Crippen LogP contribution < -0.4 is 5.32 Å². The maximum atomic E-state index is 9.18. The maximum Gasteiger partial charge on any atom is 0.115 e. The highest BCUT2D eigenvalue weighted by Crippen LogP contribution is 2.48. The lowest BCUT2D eigenvalue weighted by Gasteiger charge is -2.15. The molecule has 94 valence electrons. The summed E-state index contributed by atoms with van der Waals surface area (Å²) in [5, 5.41) is 12.7. The average Bonchev–Trinajstić information content (AvgIpc) is 3.10. The van der Waals surface area contributed by atoms with Crippen LogP contribution in [-0.4, -0.2) is 25.4 Å². The minimum atomic E-state index is 0.326. The van der Waals surface area contributed by atoms with Crippen LogP contribution in [0.15, 0.2) is 24.3 Å². The molecular weight excluding hydrogens is 214 g/mol. The lowest BCUT2D eigenvalue weighted by atomic mass is 10.0. The molecular formula is C14H21NO2. The first-order valence-electron chi connectivity index (χ1n) is 6.22. The molecule has 0 amide bonds. The van der Waals surface area contributed by atoms with Crippen LogP contribution in [-0.2, 0) is 11.3 Å². The molecule has 1 aliphatic carbocycles. The van der Waals surface area contributed by atoms with Gasteiger partial charge in [0, 0.05) is 26.8 Å². The van der Waals surface area contributed by atoms with Crippen LogP contribution in [0.5, 0.6) is 5.75 Å². The predicted molar refractivity (Wildman–Crippen MR) is 68.0 cm³/mol. The Kier molecular flexibility index (Phi) is 4.02. The van der Waals surface area contributed by atoms with Crippen molar-refractivity contribution >= 4 is 0 Å². The molecule has 0 saturated heterocycles. The molecule has 0 atom stereocenters. The molecule has 1 aliphatic rings. The van der Waals surface area contributed by atoms with E-state index in [4.69, 9.17) is 4.74 Å². The normalized spacial score (nSPS) is 17.0. The van der Waals surface area contributed by atoms with Crippen LogP contribution in [0, 0.1) is 5.41 Å². The monoisotopic (exact) mass is 235 g/mol. The van der Waals surface area contributed by atoms with E-state index in [0.29, 0.717) is 11.2 Å². The molecule has 0 aromatic heterocycles. The number of hydrogen-bond acceptors (Lipinski definition) is 3. The van der Waals surface area contributed by atoms with Crippen LogP contribution >= 0.6 is 0 Å². The number of nitrogens with one attached hydrogen (secondary N) is 1. The molecule has 0 aliphatic heterocycles. The van der Waals surface area contributed by atoms with Crippen molar-refractivity contribution < 1.29 is 9.84 Å². The third kappa shape index (κ3) is 3.72. The van der Waals surface area contributed by atoms with Crippen molar-refractivity contribution in [1.82, 2.24) is 5.32 Å². The van der Waals surface area contributed by atoms with Gasteiger partial charge in [-0.15, -0.1) is 0 Å². The molecule has 0 radical (unpaired) electrons. The Morgan fingerprint density at radius 1 is 1.29 bits per heavy atom. The van der Waals surface area contributed by atoms with Gasteiger partial charge in [-0.2, -0.15) is 0 Å². The summed E-state index contributed by atoms with van der Waals surface area (Å²) in [6.45, 7) is 2.80. The summed E-state index contributed by atoms with van der Waals surface area (Å²) < 4.78 is 5.14. The van der Waals surface area contributed by atoms with Gasteiger partial charge < -0.3 is 15.2 Å². The first kappa shape index (κ1) is 12.4. The molecule has 1 aromatic carbocycles. The van der Waals surface area contributed by atoms with Gasteiger partial charge in [0.25, 0.3) is 0 Å². The Morgan fingerprint density at radius 3 is 2.59 bits per heavy atom. The van der Waals surface area contributed by atoms with E-state index in [-0.39, 0.29) is 0 Å². The Hall–Kier alpha value is -1.06. The molecule has 3 nitrogen and oxygen atoms in total. The molecule has 17 heavy (non-hydrogen) atoms. The summed E-state index contributed by atoms with van der Waals surface area (Å²) in [5.74, 6) is 0.326. The second kappa shape index (κ2) is 5.52. The van der Waals surface area contributed by atoms with Gasteiger partial charge in [-0.25, -0.2) is 0 Å². The van der Waals surface area contributed by atoms with Crippen LogP contribution in [0.1, 0.15) is 24.8 Å². The number of aromatic hydroxyl groups is 1. The number of rotatable bonds is 7. The SMILES string of the molecule is COCCC1(CNCc2ccc(O)cc2)CC1. The van der Waals surface area contributed by atoms with Gasteiger partial charge in [-0.1, -0.05) is 12.1 Å².